The predicted molar refractivity (Wildman–Crippen MR) is 110 cm³/mol. The molecule has 2 aromatic carbocycles. The van der Waals surface area contributed by atoms with Crippen LogP contribution in [0.3, 0.4) is 0 Å². The van der Waals surface area contributed by atoms with Crippen LogP contribution in [0.25, 0.3) is 0 Å². The molecule has 1 amide bonds. The minimum atomic E-state index is -0.114. The molecule has 0 radical (unpaired) electrons. The number of ether oxygens (including phenoxy) is 1. The molecule has 0 aromatic heterocycles. The van der Waals surface area contributed by atoms with Crippen molar-refractivity contribution in [2.24, 2.45) is 0 Å². The van der Waals surface area contributed by atoms with Gasteiger partial charge < -0.3 is 10.1 Å². The summed E-state index contributed by atoms with van der Waals surface area (Å²) in [5, 5.41) is 2.99. The Bertz CT molecular complexity index is 718. The van der Waals surface area contributed by atoms with E-state index in [0.717, 1.165) is 27.3 Å². The second-order valence-corrected chi connectivity index (χ2v) is 9.38. The molecule has 1 aliphatic heterocycles. The molecule has 0 spiro atoms. The standard InChI is InChI=1S/C19H20BrNO2S2/c1-13(14-6-8-15(20)9-7-14)21-18(22)12-23-17-5-3-2-4-16(17)19-24-10-11-25-19/h2-9,13,19H,10-12H2,1H3,(H,21,22). The van der Waals surface area contributed by atoms with E-state index in [1.54, 1.807) is 0 Å². The van der Waals surface area contributed by atoms with Gasteiger partial charge in [0.15, 0.2) is 6.61 Å². The molecule has 1 aliphatic rings. The summed E-state index contributed by atoms with van der Waals surface area (Å²) in [5.41, 5.74) is 2.24. The lowest BCUT2D eigenvalue weighted by Crippen LogP contribution is -2.31. The van der Waals surface area contributed by atoms with E-state index in [2.05, 4.69) is 27.3 Å². The average molecular weight is 438 g/mol. The predicted octanol–water partition coefficient (Wildman–Crippen LogP) is 5.18. The van der Waals surface area contributed by atoms with Gasteiger partial charge in [0.1, 0.15) is 5.75 Å². The first-order valence-electron chi connectivity index (χ1n) is 8.13. The molecule has 132 valence electrons. The first-order chi connectivity index (χ1) is 12.1. The highest BCUT2D eigenvalue weighted by Gasteiger charge is 2.22. The van der Waals surface area contributed by atoms with E-state index in [1.165, 1.54) is 5.56 Å². The van der Waals surface area contributed by atoms with Crippen molar-refractivity contribution in [2.45, 2.75) is 17.5 Å². The summed E-state index contributed by atoms with van der Waals surface area (Å²) in [4.78, 5) is 12.2. The van der Waals surface area contributed by atoms with Crippen LogP contribution in [0.2, 0.25) is 0 Å². The van der Waals surface area contributed by atoms with Gasteiger partial charge in [0.2, 0.25) is 0 Å². The van der Waals surface area contributed by atoms with Crippen LogP contribution in [0.5, 0.6) is 5.75 Å². The highest BCUT2D eigenvalue weighted by atomic mass is 79.9. The lowest BCUT2D eigenvalue weighted by atomic mass is 10.1. The lowest BCUT2D eigenvalue weighted by Gasteiger charge is -2.17. The van der Waals surface area contributed by atoms with Crippen molar-refractivity contribution in [1.82, 2.24) is 5.32 Å². The topological polar surface area (TPSA) is 38.3 Å². The van der Waals surface area contributed by atoms with E-state index >= 15 is 0 Å². The summed E-state index contributed by atoms with van der Waals surface area (Å²) in [6.45, 7) is 2.00. The number of halogens is 1. The molecule has 1 atom stereocenters. The highest BCUT2D eigenvalue weighted by Crippen LogP contribution is 2.48. The van der Waals surface area contributed by atoms with Crippen molar-refractivity contribution in [3.63, 3.8) is 0 Å². The van der Waals surface area contributed by atoms with E-state index in [-0.39, 0.29) is 18.6 Å². The van der Waals surface area contributed by atoms with Crippen molar-refractivity contribution in [2.75, 3.05) is 18.1 Å². The zero-order valence-electron chi connectivity index (χ0n) is 13.9. The molecule has 1 N–H and O–H groups in total. The molecule has 3 nitrogen and oxygen atoms in total. The highest BCUT2D eigenvalue weighted by molar-refractivity contribution is 9.10. The minimum absolute atomic E-state index is 0.0277. The summed E-state index contributed by atoms with van der Waals surface area (Å²) in [6, 6.07) is 15.9. The van der Waals surface area contributed by atoms with Crippen LogP contribution in [0.1, 0.15) is 28.7 Å². The molecule has 1 saturated heterocycles. The van der Waals surface area contributed by atoms with Crippen molar-refractivity contribution in [3.05, 3.63) is 64.1 Å². The lowest BCUT2D eigenvalue weighted by molar-refractivity contribution is -0.123. The van der Waals surface area contributed by atoms with Gasteiger partial charge in [-0.25, -0.2) is 0 Å². The summed E-state index contributed by atoms with van der Waals surface area (Å²) in [7, 11) is 0. The van der Waals surface area contributed by atoms with Gasteiger partial charge in [-0.2, -0.15) is 0 Å². The van der Waals surface area contributed by atoms with Crippen LogP contribution in [0.4, 0.5) is 0 Å². The number of hydrogen-bond acceptors (Lipinski definition) is 4. The molecule has 1 fully saturated rings. The maximum absolute atomic E-state index is 12.2. The van der Waals surface area contributed by atoms with Crippen LogP contribution in [-0.4, -0.2) is 24.0 Å². The zero-order valence-corrected chi connectivity index (χ0v) is 17.1. The summed E-state index contributed by atoms with van der Waals surface area (Å²) in [5.74, 6) is 3.02. The third-order valence-electron chi connectivity index (χ3n) is 3.90. The number of amides is 1. The Morgan fingerprint density at radius 1 is 1.20 bits per heavy atom. The molecule has 6 heteroatoms. The molecule has 25 heavy (non-hydrogen) atoms. The smallest absolute Gasteiger partial charge is 0.258 e. The van der Waals surface area contributed by atoms with Crippen LogP contribution in [-0.2, 0) is 4.79 Å². The largest absolute Gasteiger partial charge is 0.483 e. The molecule has 3 rings (SSSR count). The van der Waals surface area contributed by atoms with E-state index in [9.17, 15) is 4.79 Å². The molecule has 1 heterocycles. The Morgan fingerprint density at radius 3 is 2.60 bits per heavy atom. The molecule has 1 unspecified atom stereocenters. The second kappa shape index (κ2) is 9.01. The Morgan fingerprint density at radius 2 is 1.88 bits per heavy atom. The molecule has 2 aromatic rings. The van der Waals surface area contributed by atoms with E-state index in [4.69, 9.17) is 4.74 Å². The molecule has 0 bridgehead atoms. The van der Waals surface area contributed by atoms with Gasteiger partial charge in [-0.3, -0.25) is 4.79 Å². The summed E-state index contributed by atoms with van der Waals surface area (Å²) < 4.78 is 7.25. The summed E-state index contributed by atoms with van der Waals surface area (Å²) in [6.07, 6.45) is 0. The number of thioether (sulfide) groups is 2. The number of hydrogen-bond donors (Lipinski definition) is 1. The maximum Gasteiger partial charge on any atom is 0.258 e. The van der Waals surface area contributed by atoms with Crippen molar-refractivity contribution >= 4 is 45.4 Å². The first-order valence-corrected chi connectivity index (χ1v) is 11.0. The van der Waals surface area contributed by atoms with Crippen molar-refractivity contribution < 1.29 is 9.53 Å². The van der Waals surface area contributed by atoms with Gasteiger partial charge in [0.25, 0.3) is 5.91 Å². The number of carbonyl (C=O) groups excluding carboxylic acids is 1. The monoisotopic (exact) mass is 437 g/mol. The van der Waals surface area contributed by atoms with Crippen molar-refractivity contribution in [3.8, 4) is 5.75 Å². The second-order valence-electron chi connectivity index (χ2n) is 5.74. The Hall–Kier alpha value is -1.11. The number of benzene rings is 2. The number of carbonyl (C=O) groups is 1. The van der Waals surface area contributed by atoms with Gasteiger partial charge in [0, 0.05) is 21.5 Å². The first kappa shape index (κ1) is 18.7. The third kappa shape index (κ3) is 5.19. The minimum Gasteiger partial charge on any atom is -0.483 e. The quantitative estimate of drug-likeness (QED) is 0.674. The van der Waals surface area contributed by atoms with Gasteiger partial charge in [-0.05, 0) is 30.7 Å². The van der Waals surface area contributed by atoms with Gasteiger partial charge in [0.05, 0.1) is 10.6 Å². The molecular weight excluding hydrogens is 418 g/mol. The van der Waals surface area contributed by atoms with Crippen LogP contribution in [0, 0.1) is 0 Å². The fourth-order valence-electron chi connectivity index (χ4n) is 2.61. The third-order valence-corrected chi connectivity index (χ3v) is 7.50. The number of rotatable bonds is 6. The van der Waals surface area contributed by atoms with E-state index in [1.807, 2.05) is 72.9 Å². The SMILES string of the molecule is CC(NC(=O)COc1ccccc1C1SCCS1)c1ccc(Br)cc1. The molecule has 0 aliphatic carbocycles. The fraction of sp³-hybridized carbons (Fsp3) is 0.316. The fourth-order valence-corrected chi connectivity index (χ4v) is 5.78. The Kier molecular flexibility index (Phi) is 6.73. The number of para-hydroxylation sites is 1. The average Bonchev–Trinajstić information content (AvgIpc) is 3.15. The molecular formula is C19H20BrNO2S2. The van der Waals surface area contributed by atoms with E-state index < -0.39 is 0 Å². The molecule has 0 saturated carbocycles. The van der Waals surface area contributed by atoms with Crippen LogP contribution >= 0.6 is 39.5 Å². The van der Waals surface area contributed by atoms with Crippen LogP contribution < -0.4 is 10.1 Å². The van der Waals surface area contributed by atoms with Crippen LogP contribution in [0.15, 0.2) is 53.0 Å². The zero-order chi connectivity index (χ0) is 17.6. The van der Waals surface area contributed by atoms with Gasteiger partial charge in [-0.1, -0.05) is 46.3 Å². The van der Waals surface area contributed by atoms with Gasteiger partial charge in [-0.15, -0.1) is 23.5 Å². The Labute approximate surface area is 165 Å². The van der Waals surface area contributed by atoms with Gasteiger partial charge >= 0.3 is 0 Å². The van der Waals surface area contributed by atoms with E-state index in [0.29, 0.717) is 4.58 Å². The van der Waals surface area contributed by atoms with Crippen molar-refractivity contribution in [1.29, 1.82) is 0 Å². The summed E-state index contributed by atoms with van der Waals surface area (Å²) >= 11 is 7.28. The number of nitrogens with one attached hydrogen (secondary N) is 1. The Balaban J connectivity index is 1.56. The maximum atomic E-state index is 12.2. The normalized spacial score (nSPS) is 15.8.